The van der Waals surface area contributed by atoms with Gasteiger partial charge in [0.25, 0.3) is 5.91 Å². The van der Waals surface area contributed by atoms with E-state index in [0.717, 1.165) is 21.9 Å². The summed E-state index contributed by atoms with van der Waals surface area (Å²) in [5.74, 6) is 0.599. The fourth-order valence-corrected chi connectivity index (χ4v) is 2.65. The number of nitrogens with two attached hydrogens (primary N) is 1. The minimum atomic E-state index is -0.192. The van der Waals surface area contributed by atoms with E-state index in [0.29, 0.717) is 11.3 Å². The molecule has 2 aromatic carbocycles. The third kappa shape index (κ3) is 3.89. The highest BCUT2D eigenvalue weighted by Gasteiger charge is 2.12. The first-order valence-corrected chi connectivity index (χ1v) is 7.60. The molecule has 0 fully saturated rings. The summed E-state index contributed by atoms with van der Waals surface area (Å²) < 4.78 is 0. The minimum absolute atomic E-state index is 0.192. The van der Waals surface area contributed by atoms with Crippen LogP contribution in [0.2, 0.25) is 0 Å². The van der Waals surface area contributed by atoms with E-state index in [1.54, 1.807) is 23.9 Å². The van der Waals surface area contributed by atoms with E-state index >= 15 is 0 Å². The molecule has 0 unspecified atom stereocenters. The third-order valence-electron chi connectivity index (χ3n) is 2.95. The lowest BCUT2D eigenvalue weighted by Gasteiger charge is -2.11. The Morgan fingerprint density at radius 3 is 2.86 bits per heavy atom. The van der Waals surface area contributed by atoms with Crippen molar-refractivity contribution in [3.05, 3.63) is 66.2 Å². The fraction of sp³-hybridized carbons (Fsp3) is 0.118. The van der Waals surface area contributed by atoms with Gasteiger partial charge in [0.2, 0.25) is 0 Å². The van der Waals surface area contributed by atoms with Crippen molar-refractivity contribution in [3.8, 4) is 0 Å². The van der Waals surface area contributed by atoms with Crippen molar-refractivity contribution in [3.63, 3.8) is 0 Å². The molecule has 0 saturated carbocycles. The molecule has 2 aromatic rings. The van der Waals surface area contributed by atoms with Crippen molar-refractivity contribution < 1.29 is 4.79 Å². The molecule has 0 bridgehead atoms. The lowest BCUT2D eigenvalue weighted by molar-refractivity contribution is 0.102. The number of para-hydroxylation sites is 1. The van der Waals surface area contributed by atoms with Crippen LogP contribution in [0.25, 0.3) is 0 Å². The van der Waals surface area contributed by atoms with Crippen LogP contribution in [0.3, 0.4) is 0 Å². The van der Waals surface area contributed by atoms with Crippen LogP contribution in [0.4, 0.5) is 11.4 Å². The molecule has 21 heavy (non-hydrogen) atoms. The van der Waals surface area contributed by atoms with Gasteiger partial charge >= 0.3 is 0 Å². The zero-order valence-corrected chi connectivity index (χ0v) is 12.7. The summed E-state index contributed by atoms with van der Waals surface area (Å²) in [5, 5.41) is 2.93. The highest BCUT2D eigenvalue weighted by atomic mass is 32.2. The molecule has 1 amide bonds. The number of nitrogens with one attached hydrogen (secondary N) is 1. The molecule has 4 heteroatoms. The summed E-state index contributed by atoms with van der Waals surface area (Å²) in [6.45, 7) is 5.65. The van der Waals surface area contributed by atoms with Gasteiger partial charge in [-0.2, -0.15) is 0 Å². The molecule has 0 aromatic heterocycles. The normalized spacial score (nSPS) is 10.1. The van der Waals surface area contributed by atoms with E-state index in [4.69, 9.17) is 5.73 Å². The van der Waals surface area contributed by atoms with Gasteiger partial charge in [-0.15, -0.1) is 18.3 Å². The van der Waals surface area contributed by atoms with Crippen molar-refractivity contribution in [2.45, 2.75) is 11.8 Å². The van der Waals surface area contributed by atoms with E-state index < -0.39 is 0 Å². The quantitative estimate of drug-likeness (QED) is 0.496. The van der Waals surface area contributed by atoms with Crippen LogP contribution in [0.1, 0.15) is 15.9 Å². The third-order valence-corrected chi connectivity index (χ3v) is 4.01. The molecule has 2 rings (SSSR count). The van der Waals surface area contributed by atoms with Crippen molar-refractivity contribution in [1.82, 2.24) is 0 Å². The Bertz CT molecular complexity index is 668. The summed E-state index contributed by atoms with van der Waals surface area (Å²) in [6.07, 6.45) is 1.84. The number of nitrogen functional groups attached to an aromatic ring is 1. The molecule has 0 atom stereocenters. The maximum absolute atomic E-state index is 12.4. The number of carbonyl (C=O) groups is 1. The number of benzene rings is 2. The zero-order chi connectivity index (χ0) is 15.2. The Kier molecular flexibility index (Phi) is 5.06. The number of anilines is 2. The van der Waals surface area contributed by atoms with E-state index in [-0.39, 0.29) is 5.91 Å². The number of rotatable bonds is 5. The van der Waals surface area contributed by atoms with Gasteiger partial charge in [0, 0.05) is 16.3 Å². The standard InChI is InChI=1S/C17H18N2OS/c1-3-10-21-16-7-5-4-6-15(16)19-17(20)13-11-12(2)8-9-14(13)18/h3-9,11H,1,10,18H2,2H3,(H,19,20). The first-order chi connectivity index (χ1) is 10.1. The van der Waals surface area contributed by atoms with E-state index in [1.165, 1.54) is 0 Å². The zero-order valence-electron chi connectivity index (χ0n) is 11.9. The largest absolute Gasteiger partial charge is 0.398 e. The molecule has 3 nitrogen and oxygen atoms in total. The smallest absolute Gasteiger partial charge is 0.257 e. The van der Waals surface area contributed by atoms with Crippen LogP contribution >= 0.6 is 11.8 Å². The van der Waals surface area contributed by atoms with Crippen LogP contribution in [0, 0.1) is 6.92 Å². The van der Waals surface area contributed by atoms with E-state index in [9.17, 15) is 4.79 Å². The first-order valence-electron chi connectivity index (χ1n) is 6.62. The number of hydrogen-bond acceptors (Lipinski definition) is 3. The maximum Gasteiger partial charge on any atom is 0.257 e. The second-order valence-electron chi connectivity index (χ2n) is 4.64. The van der Waals surface area contributed by atoms with Crippen LogP contribution in [-0.2, 0) is 0 Å². The second-order valence-corrected chi connectivity index (χ2v) is 5.70. The molecule has 108 valence electrons. The molecule has 0 heterocycles. The average Bonchev–Trinajstić information content (AvgIpc) is 2.48. The van der Waals surface area contributed by atoms with Gasteiger partial charge in [-0.3, -0.25) is 4.79 Å². The van der Waals surface area contributed by atoms with Gasteiger partial charge in [-0.05, 0) is 31.2 Å². The molecule has 0 saturated heterocycles. The van der Waals surface area contributed by atoms with Gasteiger partial charge in [-0.25, -0.2) is 0 Å². The second kappa shape index (κ2) is 6.99. The molecule has 0 aliphatic rings. The number of aryl methyl sites for hydroxylation is 1. The molecule has 3 N–H and O–H groups in total. The number of thioether (sulfide) groups is 1. The Hall–Kier alpha value is -2.20. The number of carbonyl (C=O) groups excluding carboxylic acids is 1. The molecule has 0 aliphatic heterocycles. The highest BCUT2D eigenvalue weighted by molar-refractivity contribution is 7.99. The SMILES string of the molecule is C=CCSc1ccccc1NC(=O)c1cc(C)ccc1N. The van der Waals surface area contributed by atoms with Crippen LogP contribution < -0.4 is 11.1 Å². The van der Waals surface area contributed by atoms with Crippen LogP contribution in [0.5, 0.6) is 0 Å². The van der Waals surface area contributed by atoms with Crippen molar-refractivity contribution in [2.24, 2.45) is 0 Å². The van der Waals surface area contributed by atoms with E-state index in [1.807, 2.05) is 43.3 Å². The van der Waals surface area contributed by atoms with Crippen molar-refractivity contribution >= 4 is 29.0 Å². The van der Waals surface area contributed by atoms with Crippen LogP contribution in [-0.4, -0.2) is 11.7 Å². The van der Waals surface area contributed by atoms with Crippen molar-refractivity contribution in [2.75, 3.05) is 16.8 Å². The number of amides is 1. The number of hydrogen-bond donors (Lipinski definition) is 2. The fourth-order valence-electron chi connectivity index (χ4n) is 1.90. The minimum Gasteiger partial charge on any atom is -0.398 e. The molecule has 0 aliphatic carbocycles. The van der Waals surface area contributed by atoms with Gasteiger partial charge in [0.05, 0.1) is 11.3 Å². The lowest BCUT2D eigenvalue weighted by atomic mass is 10.1. The Labute approximate surface area is 129 Å². The topological polar surface area (TPSA) is 55.1 Å². The first kappa shape index (κ1) is 15.2. The van der Waals surface area contributed by atoms with Crippen molar-refractivity contribution in [1.29, 1.82) is 0 Å². The molecule has 0 radical (unpaired) electrons. The maximum atomic E-state index is 12.4. The van der Waals surface area contributed by atoms with Gasteiger partial charge < -0.3 is 11.1 Å². The van der Waals surface area contributed by atoms with E-state index in [2.05, 4.69) is 11.9 Å². The Morgan fingerprint density at radius 2 is 2.10 bits per heavy atom. The molecular formula is C17H18N2OS. The summed E-state index contributed by atoms with van der Waals surface area (Å²) >= 11 is 1.63. The predicted octanol–water partition coefficient (Wildman–Crippen LogP) is 4.11. The summed E-state index contributed by atoms with van der Waals surface area (Å²) in [5.41, 5.74) is 8.65. The summed E-state index contributed by atoms with van der Waals surface area (Å²) in [6, 6.07) is 13.1. The van der Waals surface area contributed by atoms with Crippen LogP contribution in [0.15, 0.2) is 60.0 Å². The summed E-state index contributed by atoms with van der Waals surface area (Å²) in [7, 11) is 0. The highest BCUT2D eigenvalue weighted by Crippen LogP contribution is 2.27. The molecule has 0 spiro atoms. The molecular weight excluding hydrogens is 280 g/mol. The van der Waals surface area contributed by atoms with Gasteiger partial charge in [0.1, 0.15) is 0 Å². The van der Waals surface area contributed by atoms with Gasteiger partial charge in [-0.1, -0.05) is 29.8 Å². The predicted molar refractivity (Wildman–Crippen MR) is 90.9 cm³/mol. The summed E-state index contributed by atoms with van der Waals surface area (Å²) in [4.78, 5) is 13.4. The average molecular weight is 298 g/mol. The Morgan fingerprint density at radius 1 is 1.33 bits per heavy atom. The lowest BCUT2D eigenvalue weighted by Crippen LogP contribution is -2.14. The van der Waals surface area contributed by atoms with Gasteiger partial charge in [0.15, 0.2) is 0 Å². The monoisotopic (exact) mass is 298 g/mol. The Balaban J connectivity index is 2.23.